The van der Waals surface area contributed by atoms with Crippen LogP contribution in [0, 0.1) is 0 Å². The van der Waals surface area contributed by atoms with E-state index in [9.17, 15) is 0 Å². The number of benzene rings is 2. The SMILES string of the molecule is CCCn1nnnc1CSc1nnc(CSc2nc3ccccc3s2)n1Cc1ccccc1. The molecule has 0 N–H and O–H groups in total. The van der Waals surface area contributed by atoms with Crippen molar-refractivity contribution in [3.8, 4) is 0 Å². The summed E-state index contributed by atoms with van der Waals surface area (Å²) in [6, 6.07) is 18.6. The first-order chi connectivity index (χ1) is 16.3. The quantitative estimate of drug-likeness (QED) is 0.253. The highest BCUT2D eigenvalue weighted by molar-refractivity contribution is 8.00. The number of hydrogen-bond acceptors (Lipinski definition) is 9. The number of thiazole rings is 1. The monoisotopic (exact) mass is 494 g/mol. The smallest absolute Gasteiger partial charge is 0.191 e. The fourth-order valence-corrected chi connectivity index (χ4v) is 6.23. The average Bonchev–Trinajstić information content (AvgIpc) is 3.56. The number of tetrazole rings is 1. The van der Waals surface area contributed by atoms with Crippen LogP contribution >= 0.6 is 34.9 Å². The van der Waals surface area contributed by atoms with Crippen LogP contribution in [0.25, 0.3) is 10.2 Å². The van der Waals surface area contributed by atoms with Crippen molar-refractivity contribution in [3.63, 3.8) is 0 Å². The van der Waals surface area contributed by atoms with Crippen LogP contribution in [0.3, 0.4) is 0 Å². The molecule has 5 rings (SSSR count). The molecule has 3 aromatic heterocycles. The number of rotatable bonds is 10. The second-order valence-corrected chi connectivity index (χ2v) is 10.5. The van der Waals surface area contributed by atoms with Crippen LogP contribution in [0.5, 0.6) is 0 Å². The summed E-state index contributed by atoms with van der Waals surface area (Å²) in [5, 5.41) is 22.0. The van der Waals surface area contributed by atoms with E-state index in [2.05, 4.69) is 73.6 Å². The fraction of sp³-hybridized carbons (Fsp3) is 0.273. The van der Waals surface area contributed by atoms with E-state index in [1.165, 1.54) is 10.3 Å². The minimum Gasteiger partial charge on any atom is -0.301 e. The Hall–Kier alpha value is -2.76. The zero-order valence-corrected chi connectivity index (χ0v) is 20.5. The Morgan fingerprint density at radius 2 is 1.70 bits per heavy atom. The molecule has 2 aromatic carbocycles. The first-order valence-electron chi connectivity index (χ1n) is 10.6. The van der Waals surface area contributed by atoms with Crippen LogP contribution < -0.4 is 0 Å². The molecule has 0 aliphatic rings. The lowest BCUT2D eigenvalue weighted by Gasteiger charge is -2.10. The van der Waals surface area contributed by atoms with Gasteiger partial charge in [-0.25, -0.2) is 9.67 Å². The van der Waals surface area contributed by atoms with Gasteiger partial charge >= 0.3 is 0 Å². The van der Waals surface area contributed by atoms with Crippen LogP contribution in [0.4, 0.5) is 0 Å². The summed E-state index contributed by atoms with van der Waals surface area (Å²) in [4.78, 5) is 4.74. The molecule has 0 aliphatic carbocycles. The Bertz CT molecular complexity index is 1290. The predicted molar refractivity (Wildman–Crippen MR) is 132 cm³/mol. The first kappa shape index (κ1) is 22.1. The second-order valence-electron chi connectivity index (χ2n) is 7.31. The zero-order valence-electron chi connectivity index (χ0n) is 18.0. The summed E-state index contributed by atoms with van der Waals surface area (Å²) in [6.07, 6.45) is 0.986. The maximum atomic E-state index is 4.74. The highest BCUT2D eigenvalue weighted by atomic mass is 32.2. The summed E-state index contributed by atoms with van der Waals surface area (Å²) < 4.78 is 6.29. The summed E-state index contributed by atoms with van der Waals surface area (Å²) in [6.45, 7) is 3.64. The van der Waals surface area contributed by atoms with Gasteiger partial charge in [0, 0.05) is 6.54 Å². The molecule has 8 nitrogen and oxygen atoms in total. The largest absolute Gasteiger partial charge is 0.301 e. The van der Waals surface area contributed by atoms with Gasteiger partial charge in [0.15, 0.2) is 15.3 Å². The molecule has 0 saturated carbocycles. The highest BCUT2D eigenvalue weighted by Crippen LogP contribution is 2.32. The minimum absolute atomic E-state index is 0.644. The van der Waals surface area contributed by atoms with E-state index in [1.54, 1.807) is 34.9 Å². The Balaban J connectivity index is 1.36. The molecule has 0 atom stereocenters. The van der Waals surface area contributed by atoms with Crippen LogP contribution in [-0.4, -0.2) is 40.0 Å². The zero-order chi connectivity index (χ0) is 22.5. The number of hydrogen-bond donors (Lipinski definition) is 0. The number of para-hydroxylation sites is 1. The lowest BCUT2D eigenvalue weighted by molar-refractivity contribution is 0.564. The molecule has 0 aliphatic heterocycles. The third-order valence-electron chi connectivity index (χ3n) is 4.95. The number of fused-ring (bicyclic) bond motifs is 1. The molecule has 0 saturated heterocycles. The van der Waals surface area contributed by atoms with Crippen molar-refractivity contribution >= 4 is 45.1 Å². The molecule has 0 bridgehead atoms. The lowest BCUT2D eigenvalue weighted by atomic mass is 10.2. The van der Waals surface area contributed by atoms with E-state index < -0.39 is 0 Å². The van der Waals surface area contributed by atoms with Crippen molar-refractivity contribution in [3.05, 3.63) is 71.8 Å². The minimum atomic E-state index is 0.644. The number of aromatic nitrogens is 8. The third kappa shape index (κ3) is 5.26. The number of nitrogens with zero attached hydrogens (tertiary/aromatic N) is 8. The van der Waals surface area contributed by atoms with Crippen molar-refractivity contribution in [1.29, 1.82) is 0 Å². The molecule has 0 radical (unpaired) electrons. The van der Waals surface area contributed by atoms with Gasteiger partial charge in [-0.2, -0.15) is 0 Å². The van der Waals surface area contributed by atoms with Crippen LogP contribution in [0.2, 0.25) is 0 Å². The Morgan fingerprint density at radius 1 is 0.879 bits per heavy atom. The molecule has 11 heteroatoms. The van der Waals surface area contributed by atoms with E-state index in [0.29, 0.717) is 18.1 Å². The molecule has 3 heterocycles. The van der Waals surface area contributed by atoms with Crippen molar-refractivity contribution in [2.24, 2.45) is 0 Å². The van der Waals surface area contributed by atoms with Crippen molar-refractivity contribution < 1.29 is 0 Å². The maximum Gasteiger partial charge on any atom is 0.191 e. The van der Waals surface area contributed by atoms with Crippen molar-refractivity contribution in [1.82, 2.24) is 40.0 Å². The standard InChI is InChI=1S/C22H22N8S3/c1-2-12-30-20(25-27-28-30)15-31-21-26-24-19(29(21)13-16-8-4-3-5-9-16)14-32-22-23-17-10-6-7-11-18(17)33-22/h3-11H,2,12-15H2,1H3. The molecular weight excluding hydrogens is 472 g/mol. The molecule has 0 unspecified atom stereocenters. The number of thioether (sulfide) groups is 2. The average molecular weight is 495 g/mol. The van der Waals surface area contributed by atoms with E-state index in [0.717, 1.165) is 39.6 Å². The van der Waals surface area contributed by atoms with Gasteiger partial charge in [0.2, 0.25) is 0 Å². The Labute approximate surface area is 203 Å². The summed E-state index contributed by atoms with van der Waals surface area (Å²) in [5.41, 5.74) is 2.25. The van der Waals surface area contributed by atoms with Gasteiger partial charge in [-0.1, -0.05) is 72.9 Å². The molecular formula is C22H22N8S3. The Kier molecular flexibility index (Phi) is 6.98. The normalized spacial score (nSPS) is 11.4. The molecule has 0 fully saturated rings. The van der Waals surface area contributed by atoms with Gasteiger partial charge in [-0.15, -0.1) is 26.6 Å². The molecule has 0 amide bonds. The van der Waals surface area contributed by atoms with E-state index in [-0.39, 0.29) is 0 Å². The highest BCUT2D eigenvalue weighted by Gasteiger charge is 2.16. The van der Waals surface area contributed by atoms with E-state index in [1.807, 2.05) is 22.9 Å². The van der Waals surface area contributed by atoms with Crippen LogP contribution in [0.15, 0.2) is 64.1 Å². The van der Waals surface area contributed by atoms with Gasteiger partial charge in [-0.05, 0) is 34.5 Å². The van der Waals surface area contributed by atoms with Crippen LogP contribution in [-0.2, 0) is 24.6 Å². The van der Waals surface area contributed by atoms with Crippen molar-refractivity contribution in [2.45, 2.75) is 47.4 Å². The van der Waals surface area contributed by atoms with Gasteiger partial charge in [0.25, 0.3) is 0 Å². The van der Waals surface area contributed by atoms with Gasteiger partial charge in [-0.3, -0.25) is 0 Å². The van der Waals surface area contributed by atoms with Crippen molar-refractivity contribution in [2.75, 3.05) is 0 Å². The van der Waals surface area contributed by atoms with Gasteiger partial charge in [0.1, 0.15) is 5.82 Å². The van der Waals surface area contributed by atoms with E-state index >= 15 is 0 Å². The predicted octanol–water partition coefficient (Wildman–Crippen LogP) is 4.92. The van der Waals surface area contributed by atoms with Gasteiger partial charge in [0.05, 0.1) is 28.3 Å². The summed E-state index contributed by atoms with van der Waals surface area (Å²) in [5.74, 6) is 3.12. The lowest BCUT2D eigenvalue weighted by Crippen LogP contribution is -2.07. The fourth-order valence-electron chi connectivity index (χ4n) is 3.34. The third-order valence-corrected chi connectivity index (χ3v) is 8.09. The Morgan fingerprint density at radius 3 is 2.55 bits per heavy atom. The first-order valence-corrected chi connectivity index (χ1v) is 13.4. The molecule has 0 spiro atoms. The molecule has 168 valence electrons. The summed E-state index contributed by atoms with van der Waals surface area (Å²) >= 11 is 5.03. The number of aryl methyl sites for hydroxylation is 1. The molecule has 33 heavy (non-hydrogen) atoms. The van der Waals surface area contributed by atoms with E-state index in [4.69, 9.17) is 4.98 Å². The van der Waals surface area contributed by atoms with Gasteiger partial charge < -0.3 is 4.57 Å². The second kappa shape index (κ2) is 10.4. The topological polar surface area (TPSA) is 87.2 Å². The summed E-state index contributed by atoms with van der Waals surface area (Å²) in [7, 11) is 0. The maximum absolute atomic E-state index is 4.74. The van der Waals surface area contributed by atoms with Crippen LogP contribution in [0.1, 0.15) is 30.6 Å². The molecule has 5 aromatic rings.